The maximum atomic E-state index is 12.6. The van der Waals surface area contributed by atoms with Crippen LogP contribution in [0.4, 0.5) is 0 Å². The van der Waals surface area contributed by atoms with Crippen LogP contribution in [-0.4, -0.2) is 18.4 Å². The third-order valence-corrected chi connectivity index (χ3v) is 3.84. The highest BCUT2D eigenvalue weighted by atomic mass is 16.6. The number of carbonyl (C=O) groups excluding carboxylic acids is 2. The lowest BCUT2D eigenvalue weighted by molar-refractivity contribution is -0.130. The minimum absolute atomic E-state index is 0.0583. The fourth-order valence-electron chi connectivity index (χ4n) is 2.53. The van der Waals surface area contributed by atoms with Crippen LogP contribution in [0.5, 0.6) is 0 Å². The van der Waals surface area contributed by atoms with Crippen LogP contribution in [0.1, 0.15) is 27.8 Å². The molecular weight excluding hydrogens is 330 g/mol. The summed E-state index contributed by atoms with van der Waals surface area (Å²) >= 11 is 0. The molecule has 0 aliphatic heterocycles. The highest BCUT2D eigenvalue weighted by Crippen LogP contribution is 2.19. The van der Waals surface area contributed by atoms with Gasteiger partial charge in [0, 0.05) is 12.1 Å². The molecule has 3 rings (SSSR count). The van der Waals surface area contributed by atoms with Crippen molar-refractivity contribution in [2.45, 2.75) is 12.5 Å². The first kappa shape index (κ1) is 17.5. The minimum atomic E-state index is -1.04. The molecule has 0 fully saturated rings. The molecule has 5 nitrogen and oxygen atoms in total. The van der Waals surface area contributed by atoms with Gasteiger partial charge in [-0.05, 0) is 24.1 Å². The zero-order valence-electron chi connectivity index (χ0n) is 14.1. The molecule has 1 amide bonds. The molecule has 0 aliphatic rings. The first-order valence-corrected chi connectivity index (χ1v) is 8.35. The molecule has 0 saturated carbocycles. The minimum Gasteiger partial charge on any atom is -0.457 e. The zero-order valence-corrected chi connectivity index (χ0v) is 14.1. The van der Waals surface area contributed by atoms with Crippen LogP contribution in [0, 0.1) is 0 Å². The largest absolute Gasteiger partial charge is 0.457 e. The smallest absolute Gasteiger partial charge is 0.375 e. The molecule has 1 N–H and O–H groups in total. The van der Waals surface area contributed by atoms with Gasteiger partial charge >= 0.3 is 5.97 Å². The van der Waals surface area contributed by atoms with Gasteiger partial charge < -0.3 is 14.5 Å². The second-order valence-electron chi connectivity index (χ2n) is 5.70. The van der Waals surface area contributed by atoms with E-state index in [1.54, 1.807) is 30.3 Å². The van der Waals surface area contributed by atoms with E-state index < -0.39 is 12.1 Å². The van der Waals surface area contributed by atoms with Gasteiger partial charge in [-0.1, -0.05) is 60.7 Å². The third-order valence-electron chi connectivity index (χ3n) is 3.84. The van der Waals surface area contributed by atoms with Gasteiger partial charge in [-0.25, -0.2) is 4.79 Å². The molecule has 0 unspecified atom stereocenters. The van der Waals surface area contributed by atoms with E-state index in [0.717, 1.165) is 5.56 Å². The average molecular weight is 349 g/mol. The Morgan fingerprint density at radius 3 is 2.27 bits per heavy atom. The second-order valence-corrected chi connectivity index (χ2v) is 5.70. The van der Waals surface area contributed by atoms with Gasteiger partial charge in [0.25, 0.3) is 5.91 Å². The number of rotatable bonds is 7. The summed E-state index contributed by atoms with van der Waals surface area (Å²) < 4.78 is 10.4. The second kappa shape index (κ2) is 8.67. The molecule has 2 aromatic carbocycles. The molecule has 5 heteroatoms. The topological polar surface area (TPSA) is 68.5 Å². The fraction of sp³-hybridized carbons (Fsp3) is 0.143. The van der Waals surface area contributed by atoms with Crippen molar-refractivity contribution >= 4 is 11.9 Å². The Kier molecular flexibility index (Phi) is 5.83. The Bertz CT molecular complexity index is 829. The average Bonchev–Trinajstić information content (AvgIpc) is 3.22. The number of hydrogen-bond donors (Lipinski definition) is 1. The van der Waals surface area contributed by atoms with Gasteiger partial charge in [0.15, 0.2) is 0 Å². The summed E-state index contributed by atoms with van der Waals surface area (Å²) in [6, 6.07) is 21.9. The standard InChI is InChI=1S/C21H19NO4/c23-20(22-14-13-16-8-3-1-4-9-16)19(17-10-5-2-6-11-17)26-21(24)18-12-7-15-25-18/h1-12,15,19H,13-14H2,(H,22,23)/t19-/m0/s1. The van der Waals surface area contributed by atoms with E-state index in [1.807, 2.05) is 36.4 Å². The van der Waals surface area contributed by atoms with Gasteiger partial charge in [-0.2, -0.15) is 0 Å². The molecule has 1 atom stereocenters. The molecule has 0 radical (unpaired) electrons. The first-order valence-electron chi connectivity index (χ1n) is 8.35. The SMILES string of the molecule is O=C(O[C@H](C(=O)NCCc1ccccc1)c1ccccc1)c1ccco1. The van der Waals surface area contributed by atoms with Crippen molar-refractivity contribution in [2.24, 2.45) is 0 Å². The van der Waals surface area contributed by atoms with E-state index in [-0.39, 0.29) is 11.7 Å². The summed E-state index contributed by atoms with van der Waals surface area (Å²) in [4.78, 5) is 24.8. The lowest BCUT2D eigenvalue weighted by Gasteiger charge is -2.17. The predicted molar refractivity (Wildman–Crippen MR) is 96.5 cm³/mol. The van der Waals surface area contributed by atoms with Crippen molar-refractivity contribution in [3.05, 3.63) is 95.9 Å². The van der Waals surface area contributed by atoms with Crippen LogP contribution >= 0.6 is 0 Å². The van der Waals surface area contributed by atoms with Crippen molar-refractivity contribution in [1.82, 2.24) is 5.32 Å². The number of hydrogen-bond acceptors (Lipinski definition) is 4. The van der Waals surface area contributed by atoms with Crippen molar-refractivity contribution in [3.63, 3.8) is 0 Å². The predicted octanol–water partition coefficient (Wildman–Crippen LogP) is 3.54. The molecule has 1 heterocycles. The maximum Gasteiger partial charge on any atom is 0.375 e. The van der Waals surface area contributed by atoms with Gasteiger partial charge in [0.1, 0.15) is 0 Å². The van der Waals surface area contributed by atoms with Crippen LogP contribution < -0.4 is 5.32 Å². The van der Waals surface area contributed by atoms with E-state index in [9.17, 15) is 9.59 Å². The Morgan fingerprint density at radius 2 is 1.62 bits per heavy atom. The van der Waals surface area contributed by atoms with Gasteiger partial charge in [-0.3, -0.25) is 4.79 Å². The molecule has 3 aromatic rings. The van der Waals surface area contributed by atoms with E-state index >= 15 is 0 Å². The fourth-order valence-corrected chi connectivity index (χ4v) is 2.53. The molecule has 0 spiro atoms. The van der Waals surface area contributed by atoms with E-state index in [2.05, 4.69) is 5.32 Å². The number of esters is 1. The molecule has 1 aromatic heterocycles. The van der Waals surface area contributed by atoms with E-state index in [0.29, 0.717) is 18.5 Å². The van der Waals surface area contributed by atoms with Crippen LogP contribution in [0.15, 0.2) is 83.5 Å². The Morgan fingerprint density at radius 1 is 0.923 bits per heavy atom. The number of ether oxygens (including phenoxy) is 1. The zero-order chi connectivity index (χ0) is 18.2. The summed E-state index contributed by atoms with van der Waals surface area (Å²) in [5.41, 5.74) is 1.72. The molecule has 0 saturated heterocycles. The van der Waals surface area contributed by atoms with Crippen LogP contribution in [-0.2, 0) is 16.0 Å². The lowest BCUT2D eigenvalue weighted by atomic mass is 10.1. The van der Waals surface area contributed by atoms with E-state index in [4.69, 9.17) is 9.15 Å². The number of nitrogens with one attached hydrogen (secondary N) is 1. The monoisotopic (exact) mass is 349 g/mol. The Balaban J connectivity index is 1.66. The summed E-state index contributed by atoms with van der Waals surface area (Å²) in [5.74, 6) is -0.989. The molecule has 0 aliphatic carbocycles. The number of furan rings is 1. The van der Waals surface area contributed by atoms with Crippen molar-refractivity contribution in [1.29, 1.82) is 0 Å². The van der Waals surface area contributed by atoms with Crippen LogP contribution in [0.25, 0.3) is 0 Å². The van der Waals surface area contributed by atoms with Crippen molar-refractivity contribution in [3.8, 4) is 0 Å². The van der Waals surface area contributed by atoms with Crippen molar-refractivity contribution < 1.29 is 18.7 Å². The summed E-state index contributed by atoms with van der Waals surface area (Å²) in [6.45, 7) is 0.449. The number of benzene rings is 2. The number of carbonyl (C=O) groups is 2. The highest BCUT2D eigenvalue weighted by molar-refractivity contribution is 5.90. The quantitative estimate of drug-likeness (QED) is 0.663. The van der Waals surface area contributed by atoms with Gasteiger partial charge in [-0.15, -0.1) is 0 Å². The first-order chi connectivity index (χ1) is 12.7. The van der Waals surface area contributed by atoms with Crippen LogP contribution in [0.3, 0.4) is 0 Å². The molecule has 0 bridgehead atoms. The van der Waals surface area contributed by atoms with Gasteiger partial charge in [0.05, 0.1) is 6.26 Å². The summed E-state index contributed by atoms with van der Waals surface area (Å²) in [5, 5.41) is 2.83. The molecule has 132 valence electrons. The van der Waals surface area contributed by atoms with Crippen LogP contribution in [0.2, 0.25) is 0 Å². The van der Waals surface area contributed by atoms with Crippen molar-refractivity contribution in [2.75, 3.05) is 6.54 Å². The molecular formula is C21H19NO4. The number of amides is 1. The Hall–Kier alpha value is -3.34. The van der Waals surface area contributed by atoms with E-state index in [1.165, 1.54) is 12.3 Å². The third kappa shape index (κ3) is 4.60. The highest BCUT2D eigenvalue weighted by Gasteiger charge is 2.26. The lowest BCUT2D eigenvalue weighted by Crippen LogP contribution is -2.33. The summed E-state index contributed by atoms with van der Waals surface area (Å²) in [7, 11) is 0. The maximum absolute atomic E-state index is 12.6. The summed E-state index contributed by atoms with van der Waals surface area (Å²) in [6.07, 6.45) is 1.04. The van der Waals surface area contributed by atoms with Gasteiger partial charge in [0.2, 0.25) is 11.9 Å². The Labute approximate surface area is 151 Å². The normalized spacial score (nSPS) is 11.5. The molecule has 26 heavy (non-hydrogen) atoms.